The van der Waals surface area contributed by atoms with E-state index in [1.54, 1.807) is 0 Å². The highest BCUT2D eigenvalue weighted by Crippen LogP contribution is 2.42. The van der Waals surface area contributed by atoms with Crippen LogP contribution in [0.15, 0.2) is 146 Å². The summed E-state index contributed by atoms with van der Waals surface area (Å²) in [5.41, 5.74) is 8.59. The highest BCUT2D eigenvalue weighted by molar-refractivity contribution is 6.26. The van der Waals surface area contributed by atoms with E-state index < -0.39 is 0 Å². The first kappa shape index (κ1) is 27.0. The van der Waals surface area contributed by atoms with Crippen LogP contribution in [0.5, 0.6) is 0 Å². The summed E-state index contributed by atoms with van der Waals surface area (Å²) >= 11 is 0. The maximum absolute atomic E-state index is 9.79. The number of hydrogen-bond acceptors (Lipinski definition) is 3. The van der Waals surface area contributed by atoms with Gasteiger partial charge in [0.1, 0.15) is 11.6 Å². The summed E-state index contributed by atoms with van der Waals surface area (Å²) in [5.74, 6) is 1.60. The summed E-state index contributed by atoms with van der Waals surface area (Å²) in [5, 5.41) is 25.9. The average Bonchev–Trinajstić information content (AvgIpc) is 3.80. The predicted octanol–water partition coefficient (Wildman–Crippen LogP) is 10.1. The van der Waals surface area contributed by atoms with Crippen LogP contribution in [0.1, 0.15) is 11.1 Å². The van der Waals surface area contributed by atoms with Crippen molar-refractivity contribution in [3.63, 3.8) is 0 Å². The lowest BCUT2D eigenvalue weighted by molar-refractivity contribution is 1.01. The summed E-state index contributed by atoms with van der Waals surface area (Å²) in [7, 11) is 0. The molecule has 4 heterocycles. The minimum absolute atomic E-state index is 0.630. The Morgan fingerprint density at radius 3 is 1.63 bits per heavy atom. The van der Waals surface area contributed by atoms with E-state index in [0.717, 1.165) is 82.7 Å². The van der Waals surface area contributed by atoms with E-state index in [1.165, 1.54) is 0 Å². The Bertz CT molecular complexity index is 3070. The van der Waals surface area contributed by atoms with E-state index in [9.17, 15) is 10.5 Å². The number of aromatic nitrogens is 4. The third-order valence-electron chi connectivity index (χ3n) is 9.69. The van der Waals surface area contributed by atoms with Crippen LogP contribution in [0.25, 0.3) is 82.7 Å². The molecule has 49 heavy (non-hydrogen) atoms. The molecule has 0 spiro atoms. The Kier molecular flexibility index (Phi) is 5.61. The molecule has 6 aromatic carbocycles. The molecule has 0 radical (unpaired) electrons. The van der Waals surface area contributed by atoms with Crippen molar-refractivity contribution in [3.8, 4) is 29.5 Å². The Labute approximate surface area is 280 Å². The lowest BCUT2D eigenvalue weighted by Crippen LogP contribution is -2.03. The molecule has 0 saturated heterocycles. The Hall–Kier alpha value is -7.15. The van der Waals surface area contributed by atoms with Crippen molar-refractivity contribution in [2.75, 3.05) is 0 Å². The zero-order chi connectivity index (χ0) is 32.6. The smallest absolute Gasteiger partial charge is 0.140 e. The van der Waals surface area contributed by atoms with Gasteiger partial charge in [-0.05, 0) is 78.9 Å². The van der Waals surface area contributed by atoms with Gasteiger partial charge in [-0.1, -0.05) is 66.7 Å². The van der Waals surface area contributed by atoms with Crippen molar-refractivity contribution >= 4 is 65.4 Å². The largest absolute Gasteiger partial charge is 0.309 e. The topological polar surface area (TPSA) is 75.3 Å². The van der Waals surface area contributed by atoms with E-state index >= 15 is 0 Å². The molecule has 0 bridgehead atoms. The number of pyridine rings is 1. The van der Waals surface area contributed by atoms with Crippen molar-refractivity contribution < 1.29 is 0 Å². The Balaban J connectivity index is 1.30. The molecule has 226 valence electrons. The van der Waals surface area contributed by atoms with Crippen LogP contribution < -0.4 is 0 Å². The lowest BCUT2D eigenvalue weighted by atomic mass is 10.1. The molecule has 0 saturated carbocycles. The van der Waals surface area contributed by atoms with Crippen molar-refractivity contribution in [1.29, 1.82) is 10.5 Å². The Morgan fingerprint density at radius 1 is 0.408 bits per heavy atom. The SMILES string of the molecule is N#Cc1ccc2c(c1)c1ccccc1n2-c1cccc(-n2c3ccccc3c3c2ccc2c4cc(C#N)ccc4n(-c4ccccc4)c23)n1. The number of benzene rings is 6. The van der Waals surface area contributed by atoms with Crippen molar-refractivity contribution in [1.82, 2.24) is 18.7 Å². The summed E-state index contributed by atoms with van der Waals surface area (Å²) in [4.78, 5) is 5.34. The first-order valence-electron chi connectivity index (χ1n) is 16.1. The molecule has 0 aliphatic heterocycles. The maximum atomic E-state index is 9.79. The molecule has 0 fully saturated rings. The Morgan fingerprint density at radius 2 is 0.939 bits per heavy atom. The zero-order valence-corrected chi connectivity index (χ0v) is 26.0. The van der Waals surface area contributed by atoms with E-state index in [-0.39, 0.29) is 0 Å². The van der Waals surface area contributed by atoms with Crippen LogP contribution in [0.3, 0.4) is 0 Å². The van der Waals surface area contributed by atoms with Crippen LogP contribution in [0.2, 0.25) is 0 Å². The molecule has 6 nitrogen and oxygen atoms in total. The summed E-state index contributed by atoms with van der Waals surface area (Å²) in [6, 6.07) is 54.1. The predicted molar refractivity (Wildman–Crippen MR) is 197 cm³/mol. The number of rotatable bonds is 3. The van der Waals surface area contributed by atoms with Gasteiger partial charge in [-0.3, -0.25) is 9.13 Å². The number of fused-ring (bicyclic) bond motifs is 10. The third kappa shape index (κ3) is 3.77. The van der Waals surface area contributed by atoms with Gasteiger partial charge >= 0.3 is 0 Å². The molecule has 10 aromatic rings. The second-order valence-corrected chi connectivity index (χ2v) is 12.3. The van der Waals surface area contributed by atoms with Crippen LogP contribution in [0.4, 0.5) is 0 Å². The molecule has 0 N–H and O–H groups in total. The molecule has 10 rings (SSSR count). The monoisotopic (exact) mass is 624 g/mol. The van der Waals surface area contributed by atoms with Crippen LogP contribution in [0, 0.1) is 22.7 Å². The van der Waals surface area contributed by atoms with Crippen molar-refractivity contribution in [3.05, 3.63) is 157 Å². The summed E-state index contributed by atoms with van der Waals surface area (Å²) in [6.45, 7) is 0. The number of para-hydroxylation sites is 3. The highest BCUT2D eigenvalue weighted by atomic mass is 15.1. The molecule has 0 unspecified atom stereocenters. The molecule has 0 atom stereocenters. The van der Waals surface area contributed by atoms with E-state index in [2.05, 4.69) is 117 Å². The average molecular weight is 625 g/mol. The van der Waals surface area contributed by atoms with E-state index in [1.807, 2.05) is 54.6 Å². The number of nitriles is 2. The standard InChI is InChI=1S/C43H24N6/c44-25-27-18-21-38-33(23-27)30-11-4-6-13-35(30)48(38)40-15-8-16-41(46-40)49-36-14-7-5-12-32(36)42-39(49)22-19-31-34-24-28(26-45)17-20-37(34)47(43(31)42)29-9-2-1-3-10-29/h1-24H. The zero-order valence-electron chi connectivity index (χ0n) is 26.0. The van der Waals surface area contributed by atoms with Crippen molar-refractivity contribution in [2.24, 2.45) is 0 Å². The van der Waals surface area contributed by atoms with Gasteiger partial charge in [-0.2, -0.15) is 10.5 Å². The molecular formula is C43H24N6. The van der Waals surface area contributed by atoms with Crippen LogP contribution in [-0.4, -0.2) is 18.7 Å². The summed E-state index contributed by atoms with van der Waals surface area (Å²) < 4.78 is 6.76. The van der Waals surface area contributed by atoms with Gasteiger partial charge in [0, 0.05) is 38.0 Å². The third-order valence-corrected chi connectivity index (χ3v) is 9.69. The maximum Gasteiger partial charge on any atom is 0.140 e. The van der Waals surface area contributed by atoms with Gasteiger partial charge < -0.3 is 4.57 Å². The van der Waals surface area contributed by atoms with Crippen LogP contribution >= 0.6 is 0 Å². The van der Waals surface area contributed by atoms with Gasteiger partial charge in [-0.25, -0.2) is 4.98 Å². The highest BCUT2D eigenvalue weighted by Gasteiger charge is 2.22. The quantitative estimate of drug-likeness (QED) is 0.196. The minimum Gasteiger partial charge on any atom is -0.309 e. The van der Waals surface area contributed by atoms with Crippen LogP contribution in [-0.2, 0) is 0 Å². The van der Waals surface area contributed by atoms with Crippen molar-refractivity contribution in [2.45, 2.75) is 0 Å². The molecule has 6 heteroatoms. The molecular weight excluding hydrogens is 601 g/mol. The molecule has 0 aliphatic rings. The lowest BCUT2D eigenvalue weighted by Gasteiger charge is -2.12. The summed E-state index contributed by atoms with van der Waals surface area (Å²) in [6.07, 6.45) is 0. The minimum atomic E-state index is 0.630. The van der Waals surface area contributed by atoms with E-state index in [0.29, 0.717) is 11.1 Å². The normalized spacial score (nSPS) is 11.6. The second-order valence-electron chi connectivity index (χ2n) is 12.3. The molecule has 0 amide bonds. The second kappa shape index (κ2) is 10.2. The van der Waals surface area contributed by atoms with Gasteiger partial charge in [0.2, 0.25) is 0 Å². The molecule has 4 aromatic heterocycles. The molecule has 0 aliphatic carbocycles. The fourth-order valence-electron chi connectivity index (χ4n) is 7.67. The first-order chi connectivity index (χ1) is 24.2. The van der Waals surface area contributed by atoms with E-state index in [4.69, 9.17) is 4.98 Å². The number of nitrogens with zero attached hydrogens (tertiary/aromatic N) is 6. The first-order valence-corrected chi connectivity index (χ1v) is 16.1. The number of hydrogen-bond donors (Lipinski definition) is 0. The van der Waals surface area contributed by atoms with Gasteiger partial charge in [0.05, 0.1) is 56.4 Å². The van der Waals surface area contributed by atoms with Gasteiger partial charge in [-0.15, -0.1) is 0 Å². The van der Waals surface area contributed by atoms with Gasteiger partial charge in [0.25, 0.3) is 0 Å². The fraction of sp³-hybridized carbons (Fsp3) is 0. The van der Waals surface area contributed by atoms with Gasteiger partial charge in [0.15, 0.2) is 0 Å². The fourth-order valence-corrected chi connectivity index (χ4v) is 7.67.